The van der Waals surface area contributed by atoms with Gasteiger partial charge >= 0.3 is 12.1 Å². The van der Waals surface area contributed by atoms with Gasteiger partial charge in [-0.05, 0) is 74.2 Å². The zero-order valence-corrected chi connectivity index (χ0v) is 20.9. The van der Waals surface area contributed by atoms with Crippen LogP contribution in [0.3, 0.4) is 0 Å². The predicted molar refractivity (Wildman–Crippen MR) is 142 cm³/mol. The van der Waals surface area contributed by atoms with Gasteiger partial charge in [0.05, 0.1) is 29.7 Å². The SMILES string of the molecule is Nc1cc(N)cc(C(=O)OCCCCCCOc2ccc3oc(-c4ccc(C(F)(F)F)cc4)cc(=O)c3c2)c1. The zero-order valence-electron chi connectivity index (χ0n) is 20.9. The van der Waals surface area contributed by atoms with Crippen LogP contribution in [0.4, 0.5) is 24.5 Å². The zero-order chi connectivity index (χ0) is 28.0. The number of alkyl halides is 3. The largest absolute Gasteiger partial charge is 0.494 e. The van der Waals surface area contributed by atoms with E-state index >= 15 is 0 Å². The summed E-state index contributed by atoms with van der Waals surface area (Å²) < 4.78 is 55.2. The number of carbonyl (C=O) groups is 1. The second-order valence-corrected chi connectivity index (χ2v) is 8.99. The summed E-state index contributed by atoms with van der Waals surface area (Å²) in [6.45, 7) is 0.714. The maximum atomic E-state index is 12.8. The van der Waals surface area contributed by atoms with Crippen molar-refractivity contribution in [3.63, 3.8) is 0 Å². The lowest BCUT2D eigenvalue weighted by Gasteiger charge is -2.09. The number of halogens is 3. The van der Waals surface area contributed by atoms with E-state index in [9.17, 15) is 22.8 Å². The number of fused-ring (bicyclic) bond motifs is 1. The number of hydrogen-bond donors (Lipinski definition) is 2. The van der Waals surface area contributed by atoms with Crippen LogP contribution in [0.5, 0.6) is 5.75 Å². The molecule has 0 unspecified atom stereocenters. The summed E-state index contributed by atoms with van der Waals surface area (Å²) in [5.74, 6) is 0.217. The average molecular weight is 541 g/mol. The van der Waals surface area contributed by atoms with Crippen molar-refractivity contribution in [1.29, 1.82) is 0 Å². The van der Waals surface area contributed by atoms with E-state index in [1.165, 1.54) is 30.3 Å². The maximum absolute atomic E-state index is 12.8. The number of nitrogens with two attached hydrogens (primary N) is 2. The number of unbranched alkanes of at least 4 members (excludes halogenated alkanes) is 3. The molecule has 4 N–H and O–H groups in total. The van der Waals surface area contributed by atoms with Crippen LogP contribution in [-0.4, -0.2) is 19.2 Å². The van der Waals surface area contributed by atoms with E-state index in [0.29, 0.717) is 52.2 Å². The molecule has 4 rings (SSSR count). The Kier molecular flexibility index (Phi) is 8.43. The molecule has 10 heteroatoms. The van der Waals surface area contributed by atoms with Crippen molar-refractivity contribution in [1.82, 2.24) is 0 Å². The van der Waals surface area contributed by atoms with E-state index in [1.807, 2.05) is 0 Å². The highest BCUT2D eigenvalue weighted by Gasteiger charge is 2.30. The molecule has 39 heavy (non-hydrogen) atoms. The summed E-state index contributed by atoms with van der Waals surface area (Å²) in [6, 6.07) is 15.1. The lowest BCUT2D eigenvalue weighted by molar-refractivity contribution is -0.137. The number of hydrogen-bond acceptors (Lipinski definition) is 7. The van der Waals surface area contributed by atoms with Crippen molar-refractivity contribution >= 4 is 28.3 Å². The third kappa shape index (κ3) is 7.31. The van der Waals surface area contributed by atoms with Crippen LogP contribution in [-0.2, 0) is 10.9 Å². The molecular formula is C29H27F3N2O5. The van der Waals surface area contributed by atoms with E-state index in [2.05, 4.69) is 0 Å². The van der Waals surface area contributed by atoms with Crippen LogP contribution in [0.25, 0.3) is 22.3 Å². The van der Waals surface area contributed by atoms with Crippen LogP contribution < -0.4 is 21.6 Å². The van der Waals surface area contributed by atoms with Crippen LogP contribution in [0.15, 0.2) is 75.9 Å². The van der Waals surface area contributed by atoms with Crippen LogP contribution >= 0.6 is 0 Å². The highest BCUT2D eigenvalue weighted by Crippen LogP contribution is 2.31. The summed E-state index contributed by atoms with van der Waals surface area (Å²) in [5.41, 5.74) is 12.1. The van der Waals surface area contributed by atoms with Crippen molar-refractivity contribution in [2.24, 2.45) is 0 Å². The first-order chi connectivity index (χ1) is 18.6. The highest BCUT2D eigenvalue weighted by atomic mass is 19.4. The fraction of sp³-hybridized carbons (Fsp3) is 0.241. The molecule has 204 valence electrons. The van der Waals surface area contributed by atoms with Crippen molar-refractivity contribution in [2.45, 2.75) is 31.9 Å². The van der Waals surface area contributed by atoms with Gasteiger partial charge in [0, 0.05) is 23.0 Å². The molecule has 7 nitrogen and oxygen atoms in total. The summed E-state index contributed by atoms with van der Waals surface area (Å²) in [7, 11) is 0. The maximum Gasteiger partial charge on any atom is 0.416 e. The van der Waals surface area contributed by atoms with Crippen molar-refractivity contribution in [3.05, 3.63) is 88.1 Å². The van der Waals surface area contributed by atoms with E-state index in [-0.39, 0.29) is 17.8 Å². The number of rotatable bonds is 10. The molecule has 0 amide bonds. The predicted octanol–water partition coefficient (Wildman–Crippen LogP) is 6.44. The normalized spacial score (nSPS) is 11.5. The van der Waals surface area contributed by atoms with Gasteiger partial charge in [-0.15, -0.1) is 0 Å². The van der Waals surface area contributed by atoms with E-state index in [0.717, 1.165) is 31.4 Å². The minimum Gasteiger partial charge on any atom is -0.494 e. The molecule has 0 radical (unpaired) electrons. The summed E-state index contributed by atoms with van der Waals surface area (Å²) >= 11 is 0. The Morgan fingerprint density at radius 3 is 2.15 bits per heavy atom. The van der Waals surface area contributed by atoms with Gasteiger partial charge in [0.15, 0.2) is 5.43 Å². The number of nitrogen functional groups attached to an aromatic ring is 2. The minimum absolute atomic E-state index is 0.178. The number of esters is 1. The number of carbonyl (C=O) groups excluding carboxylic acids is 1. The van der Waals surface area contributed by atoms with Crippen molar-refractivity contribution in [2.75, 3.05) is 24.7 Å². The molecule has 0 aliphatic rings. The molecule has 1 aromatic heterocycles. The Morgan fingerprint density at radius 2 is 1.49 bits per heavy atom. The first-order valence-electron chi connectivity index (χ1n) is 12.3. The Balaban J connectivity index is 1.23. The Bertz CT molecular complexity index is 1490. The van der Waals surface area contributed by atoms with Crippen LogP contribution in [0.2, 0.25) is 0 Å². The lowest BCUT2D eigenvalue weighted by atomic mass is 10.1. The number of benzene rings is 3. The number of ether oxygens (including phenoxy) is 2. The van der Waals surface area contributed by atoms with E-state index in [4.69, 9.17) is 25.4 Å². The molecule has 0 spiro atoms. The molecule has 1 heterocycles. The molecule has 3 aromatic carbocycles. The number of anilines is 2. The van der Waals surface area contributed by atoms with E-state index < -0.39 is 17.7 Å². The molecule has 4 aromatic rings. The molecular weight excluding hydrogens is 513 g/mol. The lowest BCUT2D eigenvalue weighted by Crippen LogP contribution is -2.08. The fourth-order valence-corrected chi connectivity index (χ4v) is 3.98. The second kappa shape index (κ2) is 11.9. The Hall–Kier alpha value is -4.47. The Labute approximate surface area is 222 Å². The minimum atomic E-state index is -4.44. The molecule has 0 fully saturated rings. The van der Waals surface area contributed by atoms with Gasteiger partial charge < -0.3 is 25.4 Å². The van der Waals surface area contributed by atoms with Gasteiger partial charge in [-0.25, -0.2) is 4.79 Å². The van der Waals surface area contributed by atoms with Crippen LogP contribution in [0, 0.1) is 0 Å². The fourth-order valence-electron chi connectivity index (χ4n) is 3.98. The highest BCUT2D eigenvalue weighted by molar-refractivity contribution is 5.91. The topological polar surface area (TPSA) is 118 Å². The van der Waals surface area contributed by atoms with Gasteiger partial charge in [-0.2, -0.15) is 13.2 Å². The summed E-state index contributed by atoms with van der Waals surface area (Å²) in [6.07, 6.45) is -1.29. The molecule has 0 aliphatic carbocycles. The molecule has 0 saturated carbocycles. The molecule has 0 saturated heterocycles. The first kappa shape index (κ1) is 27.6. The Morgan fingerprint density at radius 1 is 0.821 bits per heavy atom. The molecule has 0 aliphatic heterocycles. The van der Waals surface area contributed by atoms with Gasteiger partial charge in [-0.1, -0.05) is 12.1 Å². The van der Waals surface area contributed by atoms with Gasteiger partial charge in [0.25, 0.3) is 0 Å². The van der Waals surface area contributed by atoms with Crippen LogP contribution in [0.1, 0.15) is 41.6 Å². The monoisotopic (exact) mass is 540 g/mol. The van der Waals surface area contributed by atoms with E-state index in [1.54, 1.807) is 24.3 Å². The third-order valence-corrected chi connectivity index (χ3v) is 5.95. The standard InChI is InChI=1S/C29H27F3N2O5/c30-29(31,32)20-7-5-18(6-8-20)27-17-25(35)24-16-23(9-10-26(24)39-27)37-11-3-1-2-4-12-38-28(36)19-13-21(33)15-22(34)14-19/h5-10,13-17H,1-4,11-12,33-34H2. The summed E-state index contributed by atoms with van der Waals surface area (Å²) in [5, 5.41) is 0.312. The first-order valence-corrected chi connectivity index (χ1v) is 12.3. The quantitative estimate of drug-likeness (QED) is 0.135. The second-order valence-electron chi connectivity index (χ2n) is 8.99. The van der Waals surface area contributed by atoms with Crippen molar-refractivity contribution < 1.29 is 31.9 Å². The smallest absolute Gasteiger partial charge is 0.416 e. The van der Waals surface area contributed by atoms with Gasteiger partial charge in [0.1, 0.15) is 17.1 Å². The van der Waals surface area contributed by atoms with Crippen molar-refractivity contribution in [3.8, 4) is 17.1 Å². The molecule has 0 atom stereocenters. The average Bonchev–Trinajstić information content (AvgIpc) is 2.89. The third-order valence-electron chi connectivity index (χ3n) is 5.95. The van der Waals surface area contributed by atoms with Gasteiger partial charge in [-0.3, -0.25) is 4.79 Å². The van der Waals surface area contributed by atoms with Gasteiger partial charge in [0.2, 0.25) is 0 Å². The molecule has 0 bridgehead atoms. The summed E-state index contributed by atoms with van der Waals surface area (Å²) in [4.78, 5) is 24.7.